The van der Waals surface area contributed by atoms with E-state index < -0.39 is 16.6 Å². The molecule has 0 saturated carbocycles. The van der Waals surface area contributed by atoms with Crippen LogP contribution >= 0.6 is 15.9 Å². The van der Waals surface area contributed by atoms with Gasteiger partial charge in [0.1, 0.15) is 17.3 Å². The Bertz CT molecular complexity index is 1220. The van der Waals surface area contributed by atoms with Crippen molar-refractivity contribution >= 4 is 45.1 Å². The fourth-order valence-electron chi connectivity index (χ4n) is 3.09. The molecule has 0 saturated heterocycles. The van der Waals surface area contributed by atoms with Crippen molar-refractivity contribution in [3.8, 4) is 0 Å². The molecule has 0 spiro atoms. The molecular formula is C22H13BrFN3O3. The van der Waals surface area contributed by atoms with Crippen LogP contribution in [0.1, 0.15) is 11.1 Å². The molecule has 0 N–H and O–H groups in total. The Kier molecular flexibility index (Phi) is 5.24. The number of hydrogen-bond donors (Lipinski definition) is 0. The van der Waals surface area contributed by atoms with E-state index >= 15 is 0 Å². The van der Waals surface area contributed by atoms with Crippen LogP contribution in [0.15, 0.2) is 88.0 Å². The Labute approximate surface area is 179 Å². The lowest BCUT2D eigenvalue weighted by molar-refractivity contribution is -0.385. The second-order valence-corrected chi connectivity index (χ2v) is 7.32. The third-order valence-electron chi connectivity index (χ3n) is 4.45. The van der Waals surface area contributed by atoms with Crippen molar-refractivity contribution in [3.63, 3.8) is 0 Å². The SMILES string of the molecule is O=C1/C(=C\c2ccccc2[N+](=O)[O-])N=C(c2ccc(F)cc2)N1c1cccc(Br)c1. The zero-order chi connectivity index (χ0) is 21.3. The second kappa shape index (κ2) is 8.00. The summed E-state index contributed by atoms with van der Waals surface area (Å²) in [7, 11) is 0. The number of para-hydroxylation sites is 1. The summed E-state index contributed by atoms with van der Waals surface area (Å²) < 4.78 is 14.2. The first-order valence-corrected chi connectivity index (χ1v) is 9.63. The standard InChI is InChI=1S/C22H13BrFN3O3/c23-16-5-3-6-18(13-16)26-21(14-8-10-17(24)11-9-14)25-19(22(26)28)12-15-4-1-2-7-20(15)27(29)30/h1-13H/b19-12+. The molecule has 148 valence electrons. The lowest BCUT2D eigenvalue weighted by Crippen LogP contribution is -2.32. The molecule has 0 radical (unpaired) electrons. The van der Waals surface area contributed by atoms with Crippen LogP contribution in [0, 0.1) is 15.9 Å². The first-order chi connectivity index (χ1) is 14.4. The molecule has 8 heteroatoms. The van der Waals surface area contributed by atoms with Crippen LogP contribution in [0.3, 0.4) is 0 Å². The molecule has 0 aliphatic carbocycles. The van der Waals surface area contributed by atoms with Gasteiger partial charge in [0, 0.05) is 16.1 Å². The zero-order valence-electron chi connectivity index (χ0n) is 15.3. The molecule has 0 bridgehead atoms. The van der Waals surface area contributed by atoms with E-state index in [0.717, 1.165) is 4.47 Å². The smallest absolute Gasteiger partial charge is 0.266 e. The van der Waals surface area contributed by atoms with Crippen molar-refractivity contribution in [2.45, 2.75) is 0 Å². The van der Waals surface area contributed by atoms with E-state index in [1.165, 1.54) is 41.3 Å². The monoisotopic (exact) mass is 465 g/mol. The van der Waals surface area contributed by atoms with Crippen LogP contribution < -0.4 is 4.90 Å². The summed E-state index contributed by atoms with van der Waals surface area (Å²) >= 11 is 3.39. The minimum Gasteiger partial charge on any atom is -0.266 e. The summed E-state index contributed by atoms with van der Waals surface area (Å²) in [5.41, 5.74) is 1.28. The molecule has 0 atom stereocenters. The van der Waals surface area contributed by atoms with Crippen molar-refractivity contribution in [2.24, 2.45) is 4.99 Å². The summed E-state index contributed by atoms with van der Waals surface area (Å²) in [5, 5.41) is 11.3. The lowest BCUT2D eigenvalue weighted by Gasteiger charge is -2.18. The highest BCUT2D eigenvalue weighted by molar-refractivity contribution is 9.10. The van der Waals surface area contributed by atoms with Crippen LogP contribution in [-0.2, 0) is 4.79 Å². The first kappa shape index (κ1) is 19.7. The Morgan fingerprint density at radius 1 is 1.03 bits per heavy atom. The van der Waals surface area contributed by atoms with E-state index in [1.54, 1.807) is 36.4 Å². The number of halogens is 2. The van der Waals surface area contributed by atoms with Crippen LogP contribution in [-0.4, -0.2) is 16.7 Å². The van der Waals surface area contributed by atoms with Crippen LogP contribution in [0.4, 0.5) is 15.8 Å². The average Bonchev–Trinajstić information content (AvgIpc) is 3.05. The molecule has 30 heavy (non-hydrogen) atoms. The molecule has 4 rings (SSSR count). The van der Waals surface area contributed by atoms with Gasteiger partial charge < -0.3 is 0 Å². The number of aliphatic imine (C=N–C) groups is 1. The molecule has 1 heterocycles. The maximum Gasteiger partial charge on any atom is 0.282 e. The van der Waals surface area contributed by atoms with E-state index in [-0.39, 0.29) is 16.9 Å². The minimum absolute atomic E-state index is 0.0450. The minimum atomic E-state index is -0.511. The highest BCUT2D eigenvalue weighted by Gasteiger charge is 2.33. The molecule has 0 fully saturated rings. The van der Waals surface area contributed by atoms with Crippen LogP contribution in [0.25, 0.3) is 6.08 Å². The van der Waals surface area contributed by atoms with Crippen LogP contribution in [0.2, 0.25) is 0 Å². The molecular weight excluding hydrogens is 453 g/mol. The fourth-order valence-corrected chi connectivity index (χ4v) is 3.47. The van der Waals surface area contributed by atoms with Gasteiger partial charge in [0.25, 0.3) is 11.6 Å². The lowest BCUT2D eigenvalue weighted by atomic mass is 10.1. The third kappa shape index (κ3) is 3.77. The first-order valence-electron chi connectivity index (χ1n) is 8.84. The van der Waals surface area contributed by atoms with Gasteiger partial charge in [-0.1, -0.05) is 34.1 Å². The number of anilines is 1. The molecule has 1 amide bonds. The molecule has 3 aromatic carbocycles. The number of nitrogens with zero attached hydrogens (tertiary/aromatic N) is 3. The van der Waals surface area contributed by atoms with Gasteiger partial charge in [-0.05, 0) is 54.6 Å². The fraction of sp³-hybridized carbons (Fsp3) is 0. The van der Waals surface area contributed by atoms with Crippen LogP contribution in [0.5, 0.6) is 0 Å². The summed E-state index contributed by atoms with van der Waals surface area (Å²) in [5.74, 6) is -0.540. The van der Waals surface area contributed by atoms with Gasteiger partial charge in [-0.3, -0.25) is 19.8 Å². The Morgan fingerprint density at radius 2 is 1.77 bits per heavy atom. The molecule has 0 aromatic heterocycles. The topological polar surface area (TPSA) is 75.8 Å². The van der Waals surface area contributed by atoms with Gasteiger partial charge in [-0.2, -0.15) is 0 Å². The van der Waals surface area contributed by atoms with Gasteiger partial charge in [0.05, 0.1) is 16.2 Å². The zero-order valence-corrected chi connectivity index (χ0v) is 16.9. The molecule has 1 aliphatic heterocycles. The summed E-state index contributed by atoms with van der Waals surface area (Å²) in [6, 6.07) is 18.8. The highest BCUT2D eigenvalue weighted by Crippen LogP contribution is 2.31. The predicted molar refractivity (Wildman–Crippen MR) is 116 cm³/mol. The summed E-state index contributed by atoms with van der Waals surface area (Å²) in [6.45, 7) is 0. The van der Waals surface area contributed by atoms with Crippen molar-refractivity contribution in [3.05, 3.63) is 110 Å². The number of carbonyl (C=O) groups is 1. The van der Waals surface area contributed by atoms with Gasteiger partial charge in [0.2, 0.25) is 0 Å². The highest BCUT2D eigenvalue weighted by atomic mass is 79.9. The number of amides is 1. The maximum atomic E-state index is 13.4. The maximum absolute atomic E-state index is 13.4. The number of benzene rings is 3. The average molecular weight is 466 g/mol. The summed E-state index contributed by atoms with van der Waals surface area (Å²) in [6.07, 6.45) is 1.39. The summed E-state index contributed by atoms with van der Waals surface area (Å²) in [4.78, 5) is 29.9. The molecule has 1 aliphatic rings. The number of carbonyl (C=O) groups excluding carboxylic acids is 1. The van der Waals surface area contributed by atoms with E-state index in [1.807, 2.05) is 6.07 Å². The Balaban J connectivity index is 1.86. The number of nitro groups is 1. The van der Waals surface area contributed by atoms with Crippen molar-refractivity contribution in [1.29, 1.82) is 0 Å². The van der Waals surface area contributed by atoms with Gasteiger partial charge in [-0.15, -0.1) is 0 Å². The predicted octanol–water partition coefficient (Wildman–Crippen LogP) is 5.33. The van der Waals surface area contributed by atoms with E-state index in [9.17, 15) is 19.3 Å². The molecule has 3 aromatic rings. The normalized spacial score (nSPS) is 14.9. The second-order valence-electron chi connectivity index (χ2n) is 6.41. The Morgan fingerprint density at radius 3 is 2.47 bits per heavy atom. The van der Waals surface area contributed by atoms with E-state index in [4.69, 9.17) is 0 Å². The largest absolute Gasteiger partial charge is 0.282 e. The van der Waals surface area contributed by atoms with E-state index in [0.29, 0.717) is 17.1 Å². The molecule has 6 nitrogen and oxygen atoms in total. The van der Waals surface area contributed by atoms with Crippen molar-refractivity contribution in [2.75, 3.05) is 4.90 Å². The van der Waals surface area contributed by atoms with E-state index in [2.05, 4.69) is 20.9 Å². The molecule has 0 unspecified atom stereocenters. The number of hydrogen-bond acceptors (Lipinski definition) is 4. The van der Waals surface area contributed by atoms with Gasteiger partial charge >= 0.3 is 0 Å². The van der Waals surface area contributed by atoms with Gasteiger partial charge in [-0.25, -0.2) is 9.38 Å². The number of amidine groups is 1. The number of nitro benzene ring substituents is 1. The Hall–Kier alpha value is -3.65. The van der Waals surface area contributed by atoms with Crippen molar-refractivity contribution in [1.82, 2.24) is 0 Å². The quantitative estimate of drug-likeness (QED) is 0.296. The number of rotatable bonds is 4. The third-order valence-corrected chi connectivity index (χ3v) is 4.95. The van der Waals surface area contributed by atoms with Crippen molar-refractivity contribution < 1.29 is 14.1 Å². The van der Waals surface area contributed by atoms with Gasteiger partial charge in [0.15, 0.2) is 0 Å².